The molecule has 0 radical (unpaired) electrons. The third-order valence-electron chi connectivity index (χ3n) is 8.69. The molecule has 0 spiro atoms. The molecule has 1 amide bonds. The first-order valence-corrected chi connectivity index (χ1v) is 18.1. The molecule has 4 rings (SSSR count). The van der Waals surface area contributed by atoms with Crippen molar-refractivity contribution in [2.75, 3.05) is 64.8 Å². The van der Waals surface area contributed by atoms with Crippen LogP contribution in [0.2, 0.25) is 0 Å². The third-order valence-corrected chi connectivity index (χ3v) is 9.30. The topological polar surface area (TPSA) is 117 Å². The molecule has 0 saturated carbocycles. The molecular weight excluding hydrogens is 713 g/mol. The van der Waals surface area contributed by atoms with Crippen LogP contribution in [0.4, 0.5) is 11.4 Å². The molecule has 2 N–H and O–H groups in total. The number of carbonyl (C=O) groups is 1. The van der Waals surface area contributed by atoms with E-state index in [9.17, 15) is 4.79 Å². The maximum atomic E-state index is 12.6. The van der Waals surface area contributed by atoms with Gasteiger partial charge in [-0.05, 0) is 64.0 Å². The molecule has 282 valence electrons. The number of aromatic nitrogens is 2. The highest BCUT2D eigenvalue weighted by molar-refractivity contribution is 6.38. The quantitative estimate of drug-likeness (QED) is 0.121. The molecule has 1 aliphatic heterocycles. The van der Waals surface area contributed by atoms with Gasteiger partial charge in [-0.25, -0.2) is 4.98 Å². The second-order valence-electron chi connectivity index (χ2n) is 12.7. The van der Waals surface area contributed by atoms with Gasteiger partial charge in [0.15, 0.2) is 5.76 Å². The minimum Gasteiger partial charge on any atom is -0.501 e. The largest absolute Gasteiger partial charge is 0.501 e. The van der Waals surface area contributed by atoms with Crippen LogP contribution in [0, 0.1) is 12.3 Å². The highest BCUT2D eigenvalue weighted by Gasteiger charge is 2.24. The van der Waals surface area contributed by atoms with Crippen molar-refractivity contribution in [2.45, 2.75) is 39.5 Å². The number of rotatable bonds is 13. The van der Waals surface area contributed by atoms with Gasteiger partial charge < -0.3 is 39.3 Å². The van der Waals surface area contributed by atoms with Gasteiger partial charge in [-0.15, -0.1) is 0 Å². The minimum absolute atomic E-state index is 0.234. The summed E-state index contributed by atoms with van der Waals surface area (Å²) in [7, 11) is 8.75. The molecule has 53 heavy (non-hydrogen) atoms. The van der Waals surface area contributed by atoms with E-state index in [0.717, 1.165) is 56.6 Å². The highest BCUT2D eigenvalue weighted by atomic mass is 35.5. The average Bonchev–Trinajstić information content (AvgIpc) is 3.46. The van der Waals surface area contributed by atoms with Crippen LogP contribution in [-0.4, -0.2) is 87.3 Å². The Morgan fingerprint density at radius 3 is 2.42 bits per heavy atom. The summed E-state index contributed by atoms with van der Waals surface area (Å²) < 4.78 is 18.9. The van der Waals surface area contributed by atoms with Crippen LogP contribution in [-0.2, 0) is 21.3 Å². The van der Waals surface area contributed by atoms with Gasteiger partial charge in [-0.1, -0.05) is 48.5 Å². The van der Waals surface area contributed by atoms with E-state index in [1.807, 2.05) is 55.9 Å². The third kappa shape index (κ3) is 10.6. The Kier molecular flexibility index (Phi) is 14.9. The van der Waals surface area contributed by atoms with Crippen molar-refractivity contribution in [2.24, 2.45) is 12.0 Å². The van der Waals surface area contributed by atoms with Gasteiger partial charge in [0, 0.05) is 72.9 Å². The lowest BCUT2D eigenvalue weighted by Crippen LogP contribution is -2.35. The minimum atomic E-state index is -0.523. The van der Waals surface area contributed by atoms with Crippen LogP contribution in [0.5, 0.6) is 5.75 Å². The van der Waals surface area contributed by atoms with Crippen molar-refractivity contribution >= 4 is 64.2 Å². The summed E-state index contributed by atoms with van der Waals surface area (Å²) in [5, 5.41) is 11.1. The number of aliphatic imine (C=N–C) groups is 1. The van der Waals surface area contributed by atoms with E-state index in [-0.39, 0.29) is 11.5 Å². The van der Waals surface area contributed by atoms with Gasteiger partial charge in [0.1, 0.15) is 17.3 Å². The van der Waals surface area contributed by atoms with Gasteiger partial charge >= 0.3 is 0 Å². The number of aryl methyl sites for hydroxylation is 2. The smallest absolute Gasteiger partial charge is 0.266 e. The monoisotopic (exact) mass is 761 g/mol. The number of imidazole rings is 1. The number of nitrogens with one attached hydrogen (secondary N) is 2. The standard InChI is InChI=1S/C40H49Cl2N7O4/c1-9-12-34(30-21-35(46-38(50)23-43)36(22-37(30)53-8)49-15-10-13-47(4)14-11-16-49)44-24-26(2)17-31(40-45-27(3)25-48(40)5)39-32(41)19-28(51-6)18-29(52-7)20-33(39)42/h12,17-18,21-25,43H,2,9-11,13-16,19H2,1,3-8H3,(H,46,50)/b28-18+,31-17-,34-12-,39-32?,43-23?,44-24?. The van der Waals surface area contributed by atoms with Gasteiger partial charge in [0.25, 0.3) is 5.91 Å². The average molecular weight is 763 g/mol. The number of methoxy groups -OCH3 is 3. The zero-order valence-electron chi connectivity index (χ0n) is 31.6. The Morgan fingerprint density at radius 1 is 1.11 bits per heavy atom. The van der Waals surface area contributed by atoms with E-state index >= 15 is 0 Å². The normalized spacial score (nSPS) is 17.5. The molecule has 2 aromatic rings. The van der Waals surface area contributed by atoms with Gasteiger partial charge in [-0.3, -0.25) is 9.79 Å². The molecule has 2 heterocycles. The summed E-state index contributed by atoms with van der Waals surface area (Å²) >= 11 is 13.9. The van der Waals surface area contributed by atoms with Crippen LogP contribution < -0.4 is 15.0 Å². The molecule has 1 aromatic carbocycles. The zero-order valence-corrected chi connectivity index (χ0v) is 33.1. The molecule has 1 aliphatic carbocycles. The predicted molar refractivity (Wildman–Crippen MR) is 217 cm³/mol. The van der Waals surface area contributed by atoms with E-state index in [4.69, 9.17) is 52.8 Å². The first-order valence-electron chi connectivity index (χ1n) is 17.4. The predicted octanol–water partition coefficient (Wildman–Crippen LogP) is 8.00. The zero-order chi connectivity index (χ0) is 38.7. The number of ether oxygens (including phenoxy) is 3. The summed E-state index contributed by atoms with van der Waals surface area (Å²) in [6.07, 6.45) is 12.7. The number of halogens is 2. The van der Waals surface area contributed by atoms with Gasteiger partial charge in [-0.2, -0.15) is 0 Å². The van der Waals surface area contributed by atoms with Crippen molar-refractivity contribution in [3.63, 3.8) is 0 Å². The number of benzene rings is 1. The first kappa shape index (κ1) is 41.0. The lowest BCUT2D eigenvalue weighted by atomic mass is 9.99. The maximum absolute atomic E-state index is 12.6. The number of hydrogen-bond donors (Lipinski definition) is 2. The number of allylic oxidation sites excluding steroid dienone is 7. The Hall–Kier alpha value is -4.80. The fraction of sp³-hybridized carbons (Fsp3) is 0.375. The fourth-order valence-electron chi connectivity index (χ4n) is 6.18. The van der Waals surface area contributed by atoms with E-state index in [2.05, 4.69) is 34.5 Å². The van der Waals surface area contributed by atoms with Crippen LogP contribution in [0.25, 0.3) is 11.3 Å². The number of carbonyl (C=O) groups excluding carboxylic acids is 1. The molecule has 1 aromatic heterocycles. The molecule has 0 unspecified atom stereocenters. The maximum Gasteiger partial charge on any atom is 0.266 e. The molecule has 1 fully saturated rings. The molecule has 0 atom stereocenters. The van der Waals surface area contributed by atoms with Crippen molar-refractivity contribution < 1.29 is 19.0 Å². The fourth-order valence-corrected chi connectivity index (χ4v) is 6.87. The lowest BCUT2D eigenvalue weighted by Gasteiger charge is -2.32. The van der Waals surface area contributed by atoms with Crippen LogP contribution in [0.15, 0.2) is 86.6 Å². The molecule has 13 heteroatoms. The van der Waals surface area contributed by atoms with Crippen LogP contribution >= 0.6 is 23.2 Å². The molecule has 0 bridgehead atoms. The summed E-state index contributed by atoms with van der Waals surface area (Å²) in [6.45, 7) is 11.8. The van der Waals surface area contributed by atoms with E-state index in [1.54, 1.807) is 26.5 Å². The molecule has 11 nitrogen and oxygen atoms in total. The van der Waals surface area contributed by atoms with Crippen molar-refractivity contribution in [1.82, 2.24) is 14.5 Å². The Bertz CT molecular complexity index is 1940. The first-order chi connectivity index (χ1) is 25.4. The lowest BCUT2D eigenvalue weighted by molar-refractivity contribution is -0.110. The molecule has 1 saturated heterocycles. The molecule has 2 aliphatic rings. The second kappa shape index (κ2) is 19.3. The van der Waals surface area contributed by atoms with E-state index in [0.29, 0.717) is 68.2 Å². The number of hydrogen-bond acceptors (Lipinski definition) is 9. The number of nitrogens with zero attached hydrogens (tertiary/aromatic N) is 5. The van der Waals surface area contributed by atoms with Gasteiger partial charge in [0.2, 0.25) is 0 Å². The van der Waals surface area contributed by atoms with Crippen LogP contribution in [0.1, 0.15) is 49.7 Å². The van der Waals surface area contributed by atoms with Crippen molar-refractivity contribution in [3.8, 4) is 5.75 Å². The van der Waals surface area contributed by atoms with Crippen LogP contribution in [0.3, 0.4) is 0 Å². The summed E-state index contributed by atoms with van der Waals surface area (Å²) in [5.74, 6) is 1.64. The highest BCUT2D eigenvalue weighted by Crippen LogP contribution is 2.40. The molecular formula is C40H49Cl2N7O4. The van der Waals surface area contributed by atoms with Crippen molar-refractivity contribution in [3.05, 3.63) is 98.7 Å². The number of amides is 1. The summed E-state index contributed by atoms with van der Waals surface area (Å²) in [5.41, 5.74) is 8.22. The summed E-state index contributed by atoms with van der Waals surface area (Å²) in [6, 6.07) is 3.81. The Labute approximate surface area is 322 Å². The van der Waals surface area contributed by atoms with Crippen molar-refractivity contribution in [1.29, 1.82) is 5.41 Å². The summed E-state index contributed by atoms with van der Waals surface area (Å²) in [4.78, 5) is 26.9. The Balaban J connectivity index is 1.82. The Morgan fingerprint density at radius 2 is 1.83 bits per heavy atom. The second-order valence-corrected chi connectivity index (χ2v) is 13.5. The van der Waals surface area contributed by atoms with Gasteiger partial charge in [0.05, 0.1) is 55.3 Å². The SMILES string of the molecule is C=C(C=N/C(=C\CC)c1cc(NC(=O)C=N)c(N2CCCN(C)CCC2)cc1OC)/C=C(/C1=C(Cl)C/C(OC)=C\C(OC)=C=C1Cl)c1nc(C)cn1C. The number of anilines is 2. The van der Waals surface area contributed by atoms with E-state index in [1.165, 1.54) is 7.11 Å². The van der Waals surface area contributed by atoms with E-state index < -0.39 is 5.91 Å².